The number of rotatable bonds is 9. The average molecular weight is 248 g/mol. The predicted molar refractivity (Wildman–Crippen MR) is 59.4 cm³/mol. The van der Waals surface area contributed by atoms with E-state index in [2.05, 4.69) is 4.74 Å². The third-order valence-corrected chi connectivity index (χ3v) is 2.14. The third-order valence-electron chi connectivity index (χ3n) is 2.14. The van der Waals surface area contributed by atoms with E-state index < -0.39 is 24.1 Å². The zero-order chi connectivity index (χ0) is 13.3. The number of carboxylic acids is 1. The molecule has 0 saturated heterocycles. The zero-order valence-electron chi connectivity index (χ0n) is 10.5. The van der Waals surface area contributed by atoms with Crippen molar-refractivity contribution in [1.82, 2.24) is 0 Å². The van der Waals surface area contributed by atoms with Gasteiger partial charge < -0.3 is 19.3 Å². The van der Waals surface area contributed by atoms with Gasteiger partial charge in [0.25, 0.3) is 0 Å². The molecule has 1 N–H and O–H groups in total. The Balaban J connectivity index is 4.58. The Morgan fingerprint density at radius 3 is 2.00 bits per heavy atom. The third kappa shape index (κ3) is 6.91. The normalized spacial score (nSPS) is 12.5. The molecule has 6 nitrogen and oxygen atoms in total. The average Bonchev–Trinajstić information content (AvgIpc) is 2.27. The van der Waals surface area contributed by atoms with E-state index in [-0.39, 0.29) is 12.8 Å². The van der Waals surface area contributed by atoms with Crippen LogP contribution in [0.25, 0.3) is 0 Å². The minimum Gasteiger partial charge on any atom is -0.481 e. The molecular formula is C11H20O6. The number of hydrogen-bond donors (Lipinski definition) is 1. The van der Waals surface area contributed by atoms with Gasteiger partial charge >= 0.3 is 11.9 Å². The highest BCUT2D eigenvalue weighted by atomic mass is 16.7. The standard InChI is InChI=1S/C11H20O6/c1-4-16-11(17-5-2)8(6-9(12)13)7-10(14)15-3/h8,11H,4-7H2,1-3H3,(H,12,13). The van der Waals surface area contributed by atoms with Crippen LogP contribution >= 0.6 is 0 Å². The number of ether oxygens (including phenoxy) is 3. The van der Waals surface area contributed by atoms with Crippen molar-refractivity contribution in [1.29, 1.82) is 0 Å². The lowest BCUT2D eigenvalue weighted by molar-refractivity contribution is -0.180. The fourth-order valence-corrected chi connectivity index (χ4v) is 1.44. The first kappa shape index (κ1) is 15.9. The summed E-state index contributed by atoms with van der Waals surface area (Å²) in [5, 5.41) is 8.79. The Morgan fingerprint density at radius 1 is 1.12 bits per heavy atom. The summed E-state index contributed by atoms with van der Waals surface area (Å²) in [6, 6.07) is 0. The second-order valence-electron chi connectivity index (χ2n) is 3.42. The highest BCUT2D eigenvalue weighted by Crippen LogP contribution is 2.19. The van der Waals surface area contributed by atoms with Crippen molar-refractivity contribution in [3.8, 4) is 0 Å². The number of methoxy groups -OCH3 is 1. The Labute approximate surface area is 101 Å². The van der Waals surface area contributed by atoms with Crippen molar-refractivity contribution in [2.75, 3.05) is 20.3 Å². The highest BCUT2D eigenvalue weighted by molar-refractivity contribution is 5.72. The topological polar surface area (TPSA) is 82.1 Å². The molecule has 100 valence electrons. The van der Waals surface area contributed by atoms with E-state index in [0.717, 1.165) is 0 Å². The van der Waals surface area contributed by atoms with E-state index >= 15 is 0 Å². The Bertz CT molecular complexity index is 234. The molecule has 0 aromatic heterocycles. The van der Waals surface area contributed by atoms with Gasteiger partial charge in [0, 0.05) is 19.1 Å². The molecule has 0 aromatic carbocycles. The van der Waals surface area contributed by atoms with Crippen molar-refractivity contribution < 1.29 is 28.9 Å². The molecule has 1 unspecified atom stereocenters. The first-order chi connectivity index (χ1) is 8.04. The highest BCUT2D eigenvalue weighted by Gasteiger charge is 2.27. The van der Waals surface area contributed by atoms with Crippen LogP contribution in [-0.2, 0) is 23.8 Å². The monoisotopic (exact) mass is 248 g/mol. The molecule has 0 aliphatic rings. The van der Waals surface area contributed by atoms with Gasteiger partial charge in [-0.1, -0.05) is 0 Å². The van der Waals surface area contributed by atoms with Crippen molar-refractivity contribution in [3.05, 3.63) is 0 Å². The van der Waals surface area contributed by atoms with Crippen LogP contribution in [0.4, 0.5) is 0 Å². The predicted octanol–water partition coefficient (Wildman–Crippen LogP) is 1.04. The molecule has 0 spiro atoms. The Morgan fingerprint density at radius 2 is 1.65 bits per heavy atom. The lowest BCUT2D eigenvalue weighted by Gasteiger charge is -2.24. The minimum atomic E-state index is -0.997. The van der Waals surface area contributed by atoms with E-state index in [1.807, 2.05) is 0 Å². The summed E-state index contributed by atoms with van der Waals surface area (Å²) in [6.07, 6.45) is -0.923. The number of carbonyl (C=O) groups is 2. The smallest absolute Gasteiger partial charge is 0.305 e. The van der Waals surface area contributed by atoms with Gasteiger partial charge in [0.2, 0.25) is 0 Å². The van der Waals surface area contributed by atoms with Crippen LogP contribution in [0, 0.1) is 5.92 Å². The molecule has 0 saturated carbocycles. The lowest BCUT2D eigenvalue weighted by atomic mass is 10.0. The van der Waals surface area contributed by atoms with Crippen LogP contribution in [0.1, 0.15) is 26.7 Å². The van der Waals surface area contributed by atoms with Crippen molar-refractivity contribution in [3.63, 3.8) is 0 Å². The molecule has 0 aliphatic carbocycles. The van der Waals surface area contributed by atoms with E-state index in [0.29, 0.717) is 13.2 Å². The van der Waals surface area contributed by atoms with Crippen molar-refractivity contribution in [2.24, 2.45) is 5.92 Å². The minimum absolute atomic E-state index is 0.0343. The molecule has 6 heteroatoms. The molecule has 0 fully saturated rings. The number of hydrogen-bond acceptors (Lipinski definition) is 5. The Hall–Kier alpha value is -1.14. The molecule has 0 radical (unpaired) electrons. The van der Waals surface area contributed by atoms with Crippen molar-refractivity contribution >= 4 is 11.9 Å². The van der Waals surface area contributed by atoms with Gasteiger partial charge in [0.1, 0.15) is 0 Å². The molecule has 17 heavy (non-hydrogen) atoms. The number of esters is 1. The number of carbonyl (C=O) groups excluding carboxylic acids is 1. The van der Waals surface area contributed by atoms with Gasteiger partial charge in [-0.2, -0.15) is 0 Å². The molecule has 0 amide bonds. The molecule has 0 aromatic rings. The summed E-state index contributed by atoms with van der Waals surface area (Å²) in [4.78, 5) is 21.9. The number of carboxylic acid groups (broad SMARTS) is 1. The molecule has 0 aliphatic heterocycles. The van der Waals surface area contributed by atoms with Crippen molar-refractivity contribution in [2.45, 2.75) is 33.0 Å². The fourth-order valence-electron chi connectivity index (χ4n) is 1.44. The van der Waals surface area contributed by atoms with Gasteiger partial charge in [-0.25, -0.2) is 0 Å². The lowest BCUT2D eigenvalue weighted by Crippen LogP contribution is -2.31. The summed E-state index contributed by atoms with van der Waals surface area (Å²) in [5.41, 5.74) is 0. The van der Waals surface area contributed by atoms with Gasteiger partial charge in [0.15, 0.2) is 6.29 Å². The van der Waals surface area contributed by atoms with E-state index in [4.69, 9.17) is 14.6 Å². The van der Waals surface area contributed by atoms with E-state index in [1.54, 1.807) is 13.8 Å². The second kappa shape index (κ2) is 8.95. The van der Waals surface area contributed by atoms with Crippen LogP contribution in [0.5, 0.6) is 0 Å². The summed E-state index contributed by atoms with van der Waals surface area (Å²) in [7, 11) is 1.26. The largest absolute Gasteiger partial charge is 0.481 e. The van der Waals surface area contributed by atoms with Crippen LogP contribution in [-0.4, -0.2) is 43.7 Å². The molecule has 0 bridgehead atoms. The molecular weight excluding hydrogens is 228 g/mol. The quantitative estimate of drug-likeness (QED) is 0.485. The summed E-state index contributed by atoms with van der Waals surface area (Å²) < 4.78 is 15.1. The fraction of sp³-hybridized carbons (Fsp3) is 0.818. The van der Waals surface area contributed by atoms with Gasteiger partial charge in [0.05, 0.1) is 20.0 Å². The van der Waals surface area contributed by atoms with E-state index in [1.165, 1.54) is 7.11 Å². The summed E-state index contributed by atoms with van der Waals surface area (Å²) in [5.74, 6) is -2.01. The number of aliphatic carboxylic acids is 1. The maximum Gasteiger partial charge on any atom is 0.305 e. The van der Waals surface area contributed by atoms with Crippen LogP contribution in [0.15, 0.2) is 0 Å². The maximum absolute atomic E-state index is 11.2. The van der Waals surface area contributed by atoms with Crippen LogP contribution in [0.2, 0.25) is 0 Å². The maximum atomic E-state index is 11.2. The first-order valence-electron chi connectivity index (χ1n) is 5.56. The summed E-state index contributed by atoms with van der Waals surface area (Å²) >= 11 is 0. The van der Waals surface area contributed by atoms with Gasteiger partial charge in [-0.05, 0) is 13.8 Å². The molecule has 0 rings (SSSR count). The molecule has 0 heterocycles. The second-order valence-corrected chi connectivity index (χ2v) is 3.42. The zero-order valence-corrected chi connectivity index (χ0v) is 10.5. The van der Waals surface area contributed by atoms with Gasteiger partial charge in [-0.3, -0.25) is 9.59 Å². The van der Waals surface area contributed by atoms with Gasteiger partial charge in [-0.15, -0.1) is 0 Å². The molecule has 1 atom stereocenters. The first-order valence-corrected chi connectivity index (χ1v) is 5.56. The van der Waals surface area contributed by atoms with Crippen LogP contribution in [0.3, 0.4) is 0 Å². The summed E-state index contributed by atoms with van der Waals surface area (Å²) in [6.45, 7) is 4.34. The van der Waals surface area contributed by atoms with E-state index in [9.17, 15) is 9.59 Å². The Kier molecular flexibility index (Phi) is 8.35. The van der Waals surface area contributed by atoms with Crippen LogP contribution < -0.4 is 0 Å². The SMILES string of the molecule is CCOC(OCC)C(CC(=O)O)CC(=O)OC.